The van der Waals surface area contributed by atoms with Crippen molar-refractivity contribution in [2.24, 2.45) is 0 Å². The minimum absolute atomic E-state index is 1.41. The van der Waals surface area contributed by atoms with Gasteiger partial charge in [0, 0.05) is 0 Å². The largest absolute Gasteiger partial charge is 0.503 e. The zero-order valence-electron chi connectivity index (χ0n) is 8.78. The van der Waals surface area contributed by atoms with Gasteiger partial charge in [-0.25, -0.2) is 4.39 Å². The van der Waals surface area contributed by atoms with Crippen molar-refractivity contribution in [3.8, 4) is 0 Å². The van der Waals surface area contributed by atoms with Gasteiger partial charge >= 0.3 is 18.0 Å². The topological polar surface area (TPSA) is 99.4 Å². The summed E-state index contributed by atoms with van der Waals surface area (Å²) in [4.78, 5) is 0. The molecule has 0 saturated heterocycles. The van der Waals surface area contributed by atoms with Crippen LogP contribution in [0.1, 0.15) is 0 Å². The van der Waals surface area contributed by atoms with Gasteiger partial charge in [-0.2, -0.15) is 17.6 Å². The van der Waals surface area contributed by atoms with Gasteiger partial charge in [0.05, 0.1) is 0 Å². The molecule has 6 nitrogen and oxygen atoms in total. The third kappa shape index (κ3) is 2.59. The van der Waals surface area contributed by atoms with Crippen molar-refractivity contribution in [1.82, 2.24) is 0 Å². The van der Waals surface area contributed by atoms with Crippen LogP contribution in [0.3, 0.4) is 0 Å². The summed E-state index contributed by atoms with van der Waals surface area (Å²) >= 11 is 0. The Labute approximate surface area is 101 Å². The Balaban J connectivity index is 3.03. The van der Waals surface area contributed by atoms with E-state index in [0.717, 1.165) is 0 Å². The van der Waals surface area contributed by atoms with E-state index in [-0.39, 0.29) is 0 Å². The highest BCUT2D eigenvalue weighted by atomic mass is 19.4. The fourth-order valence-corrected chi connectivity index (χ4v) is 0.971. The first-order valence-corrected chi connectivity index (χ1v) is 4.44. The van der Waals surface area contributed by atoms with Crippen molar-refractivity contribution >= 4 is 0 Å². The van der Waals surface area contributed by atoms with Gasteiger partial charge in [0.1, 0.15) is 0 Å². The summed E-state index contributed by atoms with van der Waals surface area (Å²) in [5.74, 6) is -10.9. The van der Waals surface area contributed by atoms with Crippen LogP contribution < -0.4 is 0 Å². The van der Waals surface area contributed by atoms with E-state index in [1.165, 1.54) is 0 Å². The lowest BCUT2D eigenvalue weighted by atomic mass is 10.2. The van der Waals surface area contributed by atoms with E-state index in [9.17, 15) is 22.0 Å². The number of halogens is 5. The van der Waals surface area contributed by atoms with Gasteiger partial charge in [-0.15, -0.1) is 0 Å². The van der Waals surface area contributed by atoms with Crippen LogP contribution in [0.4, 0.5) is 22.0 Å². The molecule has 11 heteroatoms. The van der Waals surface area contributed by atoms with Crippen molar-refractivity contribution in [3.05, 3.63) is 23.2 Å². The van der Waals surface area contributed by atoms with Crippen molar-refractivity contribution < 1.29 is 51.9 Å². The lowest BCUT2D eigenvalue weighted by molar-refractivity contribution is -0.372. The van der Waals surface area contributed by atoms with Gasteiger partial charge in [-0.05, 0) is 0 Å². The molecule has 0 aromatic rings. The van der Waals surface area contributed by atoms with Crippen LogP contribution in [-0.4, -0.2) is 45.4 Å². The van der Waals surface area contributed by atoms with Crippen LogP contribution in [0.25, 0.3) is 0 Å². The second-order valence-corrected chi connectivity index (χ2v) is 3.32. The van der Waals surface area contributed by atoms with Crippen LogP contribution in [0.15, 0.2) is 23.2 Å². The molecular formula is C8H7F5O6. The zero-order valence-corrected chi connectivity index (χ0v) is 8.78. The molecule has 0 aliphatic carbocycles. The summed E-state index contributed by atoms with van der Waals surface area (Å²) in [6, 6.07) is 0. The minimum Gasteiger partial charge on any atom is -0.503 e. The molecule has 0 fully saturated rings. The number of hydrogen-bond donors (Lipinski definition) is 4. The van der Waals surface area contributed by atoms with Gasteiger partial charge in [0.25, 0.3) is 6.29 Å². The molecule has 0 amide bonds. The quantitative estimate of drug-likeness (QED) is 0.595. The van der Waals surface area contributed by atoms with E-state index in [1.807, 2.05) is 0 Å². The standard InChI is InChI=1S/C8H7F5O6/c9-1-7(10,8(11,12)13)19-6-4(16)2(14)3(15)5(17)18-6/h6,14-17H,1H2. The molecule has 0 spiro atoms. The van der Waals surface area contributed by atoms with Gasteiger partial charge < -0.3 is 25.2 Å². The number of aliphatic hydroxyl groups excluding tert-OH is 4. The third-order valence-corrected chi connectivity index (χ3v) is 2.00. The predicted molar refractivity (Wildman–Crippen MR) is 46.4 cm³/mol. The molecule has 110 valence electrons. The Bertz CT molecular complexity index is 430. The average Bonchev–Trinajstić information content (AvgIpc) is 2.31. The van der Waals surface area contributed by atoms with Crippen molar-refractivity contribution in [2.45, 2.75) is 18.3 Å². The summed E-state index contributed by atoms with van der Waals surface area (Å²) in [7, 11) is 0. The first kappa shape index (κ1) is 15.1. The Hall–Kier alpha value is -1.91. The van der Waals surface area contributed by atoms with Crippen LogP contribution in [0.2, 0.25) is 0 Å². The van der Waals surface area contributed by atoms with E-state index in [0.29, 0.717) is 0 Å². The summed E-state index contributed by atoms with van der Waals surface area (Å²) in [5.41, 5.74) is 0. The molecule has 19 heavy (non-hydrogen) atoms. The molecule has 0 saturated carbocycles. The van der Waals surface area contributed by atoms with Crippen LogP contribution >= 0.6 is 0 Å². The summed E-state index contributed by atoms with van der Waals surface area (Å²) < 4.78 is 69.3. The number of ether oxygens (including phenoxy) is 2. The highest BCUT2D eigenvalue weighted by Crippen LogP contribution is 2.38. The molecule has 1 aliphatic heterocycles. The Kier molecular flexibility index (Phi) is 3.70. The fraction of sp³-hybridized carbons (Fsp3) is 0.500. The number of rotatable bonds is 3. The average molecular weight is 294 g/mol. The van der Waals surface area contributed by atoms with Gasteiger partial charge in [0.2, 0.25) is 17.3 Å². The van der Waals surface area contributed by atoms with Gasteiger partial charge in [0.15, 0.2) is 6.67 Å². The SMILES string of the molecule is OC1=C(O)C(O)=C(O)C(OC(F)(CF)C(F)(F)F)O1. The Morgan fingerprint density at radius 3 is 2.00 bits per heavy atom. The highest BCUT2D eigenvalue weighted by molar-refractivity contribution is 5.25. The second kappa shape index (κ2) is 4.64. The Morgan fingerprint density at radius 1 is 1.05 bits per heavy atom. The number of alkyl halides is 5. The molecule has 0 aromatic heterocycles. The van der Waals surface area contributed by atoms with E-state index in [2.05, 4.69) is 9.47 Å². The Morgan fingerprint density at radius 2 is 1.58 bits per heavy atom. The molecule has 0 aromatic carbocycles. The fourth-order valence-electron chi connectivity index (χ4n) is 0.971. The molecule has 2 unspecified atom stereocenters. The summed E-state index contributed by atoms with van der Waals surface area (Å²) in [6.07, 6.45) is -8.50. The first-order chi connectivity index (χ1) is 8.53. The van der Waals surface area contributed by atoms with Crippen molar-refractivity contribution in [1.29, 1.82) is 0 Å². The van der Waals surface area contributed by atoms with Gasteiger partial charge in [-0.1, -0.05) is 0 Å². The van der Waals surface area contributed by atoms with E-state index in [4.69, 9.17) is 20.4 Å². The molecule has 0 radical (unpaired) electrons. The van der Waals surface area contributed by atoms with Gasteiger partial charge in [-0.3, -0.25) is 4.74 Å². The third-order valence-electron chi connectivity index (χ3n) is 2.00. The van der Waals surface area contributed by atoms with E-state index in [1.54, 1.807) is 0 Å². The van der Waals surface area contributed by atoms with Crippen molar-refractivity contribution in [3.63, 3.8) is 0 Å². The van der Waals surface area contributed by atoms with E-state index < -0.39 is 48.2 Å². The van der Waals surface area contributed by atoms with Crippen molar-refractivity contribution in [2.75, 3.05) is 6.67 Å². The van der Waals surface area contributed by atoms with Crippen LogP contribution in [0.5, 0.6) is 0 Å². The van der Waals surface area contributed by atoms with Crippen LogP contribution in [-0.2, 0) is 9.47 Å². The predicted octanol–water partition coefficient (Wildman–Crippen LogP) is 2.17. The second-order valence-electron chi connectivity index (χ2n) is 3.32. The minimum atomic E-state index is -5.81. The lowest BCUT2D eigenvalue weighted by Crippen LogP contribution is -2.49. The first-order valence-electron chi connectivity index (χ1n) is 4.44. The smallest absolute Gasteiger partial charge is 0.451 e. The molecule has 1 heterocycles. The maximum absolute atomic E-state index is 13.2. The molecule has 1 aliphatic rings. The monoisotopic (exact) mass is 294 g/mol. The van der Waals surface area contributed by atoms with E-state index >= 15 is 0 Å². The maximum atomic E-state index is 13.2. The van der Waals surface area contributed by atoms with Crippen LogP contribution in [0, 0.1) is 0 Å². The summed E-state index contributed by atoms with van der Waals surface area (Å²) in [5, 5.41) is 35.7. The maximum Gasteiger partial charge on any atom is 0.451 e. The lowest BCUT2D eigenvalue weighted by Gasteiger charge is -2.30. The normalized spacial score (nSPS) is 24.2. The molecule has 0 bridgehead atoms. The summed E-state index contributed by atoms with van der Waals surface area (Å²) in [6.45, 7) is -2.67. The molecule has 2 atom stereocenters. The number of aliphatic hydroxyl groups is 4. The number of hydrogen-bond acceptors (Lipinski definition) is 6. The highest BCUT2D eigenvalue weighted by Gasteiger charge is 2.60. The molecule has 1 rings (SSSR count). The molecule has 4 N–H and O–H groups in total. The zero-order chi connectivity index (χ0) is 15.0. The molecular weight excluding hydrogens is 287 g/mol.